The highest BCUT2D eigenvalue weighted by molar-refractivity contribution is 7.20. The van der Waals surface area contributed by atoms with Crippen molar-refractivity contribution >= 4 is 27.5 Å². The Morgan fingerprint density at radius 2 is 2.00 bits per heavy atom. The summed E-state index contributed by atoms with van der Waals surface area (Å²) in [6.45, 7) is 6.08. The van der Waals surface area contributed by atoms with Crippen LogP contribution in [-0.2, 0) is 5.41 Å². The molecule has 0 saturated carbocycles. The lowest BCUT2D eigenvalue weighted by molar-refractivity contribution is 0.0690. The van der Waals surface area contributed by atoms with E-state index in [1.807, 2.05) is 45.0 Å². The molecule has 0 aliphatic rings. The summed E-state index contributed by atoms with van der Waals surface area (Å²) in [6, 6.07) is 9.44. The largest absolute Gasteiger partial charge is 0.476 e. The molecule has 2 aromatic heterocycles. The third kappa shape index (κ3) is 2.42. The van der Waals surface area contributed by atoms with E-state index in [1.54, 1.807) is 10.7 Å². The highest BCUT2D eigenvalue weighted by atomic mass is 32.1. The topological polar surface area (TPSA) is 68.0 Å². The van der Waals surface area contributed by atoms with Crippen molar-refractivity contribution in [2.45, 2.75) is 26.2 Å². The summed E-state index contributed by atoms with van der Waals surface area (Å²) in [5, 5.41) is 14.1. The molecule has 3 aromatic rings. The average molecular weight is 301 g/mol. The number of thiazole rings is 1. The molecule has 0 fully saturated rings. The summed E-state index contributed by atoms with van der Waals surface area (Å²) in [5.74, 6) is -1.03. The Labute approximate surface area is 125 Å². The van der Waals surface area contributed by atoms with Crippen LogP contribution in [0.25, 0.3) is 15.3 Å². The van der Waals surface area contributed by atoms with Gasteiger partial charge in [-0.1, -0.05) is 44.2 Å². The SMILES string of the molecule is CC(C)(C)c1cc(C(=O)O)nn1-c1nc2ccccc2s1. The molecule has 0 spiro atoms. The Bertz CT molecular complexity index is 794. The number of benzene rings is 1. The summed E-state index contributed by atoms with van der Waals surface area (Å²) in [4.78, 5) is 15.8. The number of rotatable bonds is 2. The van der Waals surface area contributed by atoms with Crippen LogP contribution in [0, 0.1) is 0 Å². The van der Waals surface area contributed by atoms with Crippen molar-refractivity contribution in [2.75, 3.05) is 0 Å². The van der Waals surface area contributed by atoms with E-state index in [9.17, 15) is 9.90 Å². The first-order chi connectivity index (χ1) is 9.86. The van der Waals surface area contributed by atoms with E-state index < -0.39 is 5.97 Å². The second-order valence-corrected chi connectivity index (χ2v) is 6.86. The predicted molar refractivity (Wildman–Crippen MR) is 82.4 cm³/mol. The van der Waals surface area contributed by atoms with Crippen LogP contribution in [0.5, 0.6) is 0 Å². The number of nitrogens with zero attached hydrogens (tertiary/aromatic N) is 3. The zero-order valence-corrected chi connectivity index (χ0v) is 12.8. The van der Waals surface area contributed by atoms with Gasteiger partial charge in [-0.15, -0.1) is 0 Å². The van der Waals surface area contributed by atoms with E-state index in [0.29, 0.717) is 5.13 Å². The number of carbonyl (C=O) groups is 1. The van der Waals surface area contributed by atoms with Gasteiger partial charge in [-0.25, -0.2) is 14.5 Å². The molecule has 6 heteroatoms. The van der Waals surface area contributed by atoms with E-state index in [1.165, 1.54) is 11.3 Å². The van der Waals surface area contributed by atoms with Crippen molar-refractivity contribution in [3.8, 4) is 5.13 Å². The van der Waals surface area contributed by atoms with E-state index in [2.05, 4.69) is 10.1 Å². The second-order valence-electron chi connectivity index (χ2n) is 5.85. The van der Waals surface area contributed by atoms with Gasteiger partial charge < -0.3 is 5.11 Å². The molecule has 2 heterocycles. The summed E-state index contributed by atoms with van der Waals surface area (Å²) in [7, 11) is 0. The number of hydrogen-bond acceptors (Lipinski definition) is 4. The van der Waals surface area contributed by atoms with Gasteiger partial charge in [0.2, 0.25) is 5.13 Å². The minimum Gasteiger partial charge on any atom is -0.476 e. The van der Waals surface area contributed by atoms with E-state index in [4.69, 9.17) is 0 Å². The molecule has 0 aliphatic carbocycles. The fourth-order valence-electron chi connectivity index (χ4n) is 2.12. The van der Waals surface area contributed by atoms with Gasteiger partial charge in [0.05, 0.1) is 15.9 Å². The van der Waals surface area contributed by atoms with Gasteiger partial charge >= 0.3 is 5.97 Å². The predicted octanol–water partition coefficient (Wildman–Crippen LogP) is 3.48. The average Bonchev–Trinajstić information content (AvgIpc) is 3.01. The Hall–Kier alpha value is -2.21. The van der Waals surface area contributed by atoms with Crippen LogP contribution in [-0.4, -0.2) is 25.8 Å². The van der Waals surface area contributed by atoms with E-state index in [0.717, 1.165) is 15.9 Å². The third-order valence-electron chi connectivity index (χ3n) is 3.16. The number of fused-ring (bicyclic) bond motifs is 1. The lowest BCUT2D eigenvalue weighted by atomic mass is 9.92. The molecule has 1 aromatic carbocycles. The van der Waals surface area contributed by atoms with Crippen molar-refractivity contribution in [3.05, 3.63) is 41.7 Å². The van der Waals surface area contributed by atoms with Crippen LogP contribution in [0.15, 0.2) is 30.3 Å². The fourth-order valence-corrected chi connectivity index (χ4v) is 3.05. The highest BCUT2D eigenvalue weighted by Gasteiger charge is 2.25. The normalized spacial score (nSPS) is 12.0. The van der Waals surface area contributed by atoms with Crippen molar-refractivity contribution < 1.29 is 9.90 Å². The maximum absolute atomic E-state index is 11.2. The summed E-state index contributed by atoms with van der Waals surface area (Å²) >= 11 is 1.50. The van der Waals surface area contributed by atoms with Gasteiger partial charge in [0, 0.05) is 5.41 Å². The van der Waals surface area contributed by atoms with Gasteiger partial charge in [0.15, 0.2) is 5.69 Å². The molecular weight excluding hydrogens is 286 g/mol. The minimum atomic E-state index is -1.03. The van der Waals surface area contributed by atoms with Gasteiger partial charge in [-0.3, -0.25) is 0 Å². The van der Waals surface area contributed by atoms with Crippen LogP contribution in [0.4, 0.5) is 0 Å². The summed E-state index contributed by atoms with van der Waals surface area (Å²) in [6.07, 6.45) is 0. The second kappa shape index (κ2) is 4.66. The molecule has 0 saturated heterocycles. The van der Waals surface area contributed by atoms with Crippen LogP contribution in [0.1, 0.15) is 37.0 Å². The Kier molecular flexibility index (Phi) is 3.06. The van der Waals surface area contributed by atoms with Crippen LogP contribution in [0.3, 0.4) is 0 Å². The number of carboxylic acid groups (broad SMARTS) is 1. The van der Waals surface area contributed by atoms with Crippen molar-refractivity contribution in [1.29, 1.82) is 0 Å². The molecule has 0 unspecified atom stereocenters. The molecule has 0 amide bonds. The van der Waals surface area contributed by atoms with Gasteiger partial charge in [0.1, 0.15) is 0 Å². The molecular formula is C15H15N3O2S. The Morgan fingerprint density at radius 3 is 2.62 bits per heavy atom. The molecule has 0 radical (unpaired) electrons. The number of para-hydroxylation sites is 1. The van der Waals surface area contributed by atoms with Crippen LogP contribution >= 0.6 is 11.3 Å². The zero-order chi connectivity index (χ0) is 15.2. The molecule has 21 heavy (non-hydrogen) atoms. The highest BCUT2D eigenvalue weighted by Crippen LogP contribution is 2.30. The minimum absolute atomic E-state index is 0.0409. The molecule has 0 bridgehead atoms. The Morgan fingerprint density at radius 1 is 1.29 bits per heavy atom. The number of aromatic carboxylic acids is 1. The van der Waals surface area contributed by atoms with E-state index >= 15 is 0 Å². The first-order valence-corrected chi connectivity index (χ1v) is 7.38. The quantitative estimate of drug-likeness (QED) is 0.787. The molecule has 1 N–H and O–H groups in total. The van der Waals surface area contributed by atoms with Crippen molar-refractivity contribution in [1.82, 2.24) is 14.8 Å². The number of hydrogen-bond donors (Lipinski definition) is 1. The molecule has 5 nitrogen and oxygen atoms in total. The number of carboxylic acids is 1. The third-order valence-corrected chi connectivity index (χ3v) is 4.17. The maximum atomic E-state index is 11.2. The molecule has 0 atom stereocenters. The lowest BCUT2D eigenvalue weighted by Gasteiger charge is -2.18. The van der Waals surface area contributed by atoms with Crippen LogP contribution in [0.2, 0.25) is 0 Å². The Balaban J connectivity index is 2.22. The molecule has 3 rings (SSSR count). The molecule has 0 aliphatic heterocycles. The van der Waals surface area contributed by atoms with Gasteiger partial charge in [-0.05, 0) is 18.2 Å². The standard InChI is InChI=1S/C15H15N3O2S/c1-15(2,3)12-8-10(13(19)20)17-18(12)14-16-9-6-4-5-7-11(9)21-14/h4-8H,1-3H3,(H,19,20). The first-order valence-electron chi connectivity index (χ1n) is 6.56. The van der Waals surface area contributed by atoms with Crippen molar-refractivity contribution in [3.63, 3.8) is 0 Å². The smallest absolute Gasteiger partial charge is 0.356 e. The van der Waals surface area contributed by atoms with Gasteiger partial charge in [0.25, 0.3) is 0 Å². The maximum Gasteiger partial charge on any atom is 0.356 e. The lowest BCUT2D eigenvalue weighted by Crippen LogP contribution is -2.17. The zero-order valence-electron chi connectivity index (χ0n) is 12.0. The first kappa shape index (κ1) is 13.8. The number of aromatic nitrogens is 3. The van der Waals surface area contributed by atoms with Gasteiger partial charge in [-0.2, -0.15) is 5.10 Å². The monoisotopic (exact) mass is 301 g/mol. The molecule has 108 valence electrons. The summed E-state index contributed by atoms with van der Waals surface area (Å²) in [5.41, 5.74) is 1.54. The fraction of sp³-hybridized carbons (Fsp3) is 0.267. The van der Waals surface area contributed by atoms with Crippen molar-refractivity contribution in [2.24, 2.45) is 0 Å². The van der Waals surface area contributed by atoms with E-state index in [-0.39, 0.29) is 11.1 Å². The van der Waals surface area contributed by atoms with Crippen LogP contribution < -0.4 is 0 Å². The summed E-state index contributed by atoms with van der Waals surface area (Å²) < 4.78 is 2.70.